The second-order valence-electron chi connectivity index (χ2n) is 5.03. The molecule has 0 N–H and O–H groups in total. The van der Waals surface area contributed by atoms with E-state index in [1.54, 1.807) is 0 Å². The standard InChI is InChI=1S/C17H18/c1-3-7-14(8-4-1)16-11-12-17(13-16)15-9-5-2-6-10-15/h1-10,16-17H,11-13H2/t16-,17-/m1/s1. The van der Waals surface area contributed by atoms with Crippen LogP contribution in [-0.2, 0) is 0 Å². The summed E-state index contributed by atoms with van der Waals surface area (Å²) < 4.78 is 0. The van der Waals surface area contributed by atoms with Gasteiger partial charge in [-0.15, -0.1) is 0 Å². The monoisotopic (exact) mass is 222 g/mol. The number of rotatable bonds is 2. The Morgan fingerprint density at radius 3 is 1.41 bits per heavy atom. The molecule has 1 fully saturated rings. The molecule has 0 amide bonds. The van der Waals surface area contributed by atoms with Crippen LogP contribution in [0.2, 0.25) is 0 Å². The molecular formula is C17H18. The molecule has 86 valence electrons. The maximum atomic E-state index is 2.28. The lowest BCUT2D eigenvalue weighted by Gasteiger charge is -2.12. The van der Waals surface area contributed by atoms with Crippen LogP contribution >= 0.6 is 0 Å². The zero-order valence-electron chi connectivity index (χ0n) is 10.0. The van der Waals surface area contributed by atoms with Crippen molar-refractivity contribution in [2.24, 2.45) is 0 Å². The Kier molecular flexibility index (Phi) is 2.96. The van der Waals surface area contributed by atoms with Gasteiger partial charge in [0.2, 0.25) is 0 Å². The minimum Gasteiger partial charge on any atom is -0.0622 e. The van der Waals surface area contributed by atoms with Crippen LogP contribution in [0.5, 0.6) is 0 Å². The Balaban J connectivity index is 1.75. The van der Waals surface area contributed by atoms with Gasteiger partial charge >= 0.3 is 0 Å². The summed E-state index contributed by atoms with van der Waals surface area (Å²) in [5.74, 6) is 1.53. The normalized spacial score (nSPS) is 23.8. The van der Waals surface area contributed by atoms with Crippen molar-refractivity contribution < 1.29 is 0 Å². The molecule has 0 aromatic heterocycles. The van der Waals surface area contributed by atoms with Crippen LogP contribution in [0.3, 0.4) is 0 Å². The van der Waals surface area contributed by atoms with E-state index in [-0.39, 0.29) is 0 Å². The fourth-order valence-corrected chi connectivity index (χ4v) is 3.04. The molecule has 0 heterocycles. The molecule has 17 heavy (non-hydrogen) atoms. The van der Waals surface area contributed by atoms with Crippen LogP contribution in [0.1, 0.15) is 42.2 Å². The van der Waals surface area contributed by atoms with Gasteiger partial charge < -0.3 is 0 Å². The molecule has 2 aromatic carbocycles. The predicted octanol–water partition coefficient (Wildman–Crippen LogP) is 4.74. The molecule has 0 heteroatoms. The first-order chi connectivity index (χ1) is 8.43. The molecule has 0 spiro atoms. The fourth-order valence-electron chi connectivity index (χ4n) is 3.04. The van der Waals surface area contributed by atoms with Crippen molar-refractivity contribution in [2.75, 3.05) is 0 Å². The largest absolute Gasteiger partial charge is 0.0622 e. The summed E-state index contributed by atoms with van der Waals surface area (Å²) in [5.41, 5.74) is 3.04. The van der Waals surface area contributed by atoms with E-state index in [4.69, 9.17) is 0 Å². The molecule has 1 aliphatic rings. The third-order valence-electron chi connectivity index (χ3n) is 3.97. The van der Waals surface area contributed by atoms with E-state index in [1.165, 1.54) is 30.4 Å². The smallest absolute Gasteiger partial charge is 0.0156 e. The van der Waals surface area contributed by atoms with Crippen molar-refractivity contribution in [3.05, 3.63) is 71.8 Å². The van der Waals surface area contributed by atoms with E-state index < -0.39 is 0 Å². The quantitative estimate of drug-likeness (QED) is 0.688. The van der Waals surface area contributed by atoms with Crippen molar-refractivity contribution in [1.82, 2.24) is 0 Å². The van der Waals surface area contributed by atoms with E-state index >= 15 is 0 Å². The first-order valence-corrected chi connectivity index (χ1v) is 6.53. The van der Waals surface area contributed by atoms with E-state index in [0.29, 0.717) is 0 Å². The molecule has 0 nitrogen and oxygen atoms in total. The van der Waals surface area contributed by atoms with E-state index in [9.17, 15) is 0 Å². The molecule has 2 atom stereocenters. The van der Waals surface area contributed by atoms with Crippen molar-refractivity contribution in [3.63, 3.8) is 0 Å². The summed E-state index contributed by atoms with van der Waals surface area (Å²) in [6.45, 7) is 0. The summed E-state index contributed by atoms with van der Waals surface area (Å²) in [5, 5.41) is 0. The second kappa shape index (κ2) is 4.75. The molecule has 0 radical (unpaired) electrons. The molecule has 0 aliphatic heterocycles. The van der Waals surface area contributed by atoms with Crippen LogP contribution < -0.4 is 0 Å². The van der Waals surface area contributed by atoms with Crippen molar-refractivity contribution in [2.45, 2.75) is 31.1 Å². The fraction of sp³-hybridized carbons (Fsp3) is 0.294. The van der Waals surface area contributed by atoms with Crippen LogP contribution in [0.15, 0.2) is 60.7 Å². The second-order valence-corrected chi connectivity index (χ2v) is 5.03. The van der Waals surface area contributed by atoms with Crippen LogP contribution in [0, 0.1) is 0 Å². The van der Waals surface area contributed by atoms with E-state index in [1.807, 2.05) is 0 Å². The van der Waals surface area contributed by atoms with Crippen LogP contribution in [-0.4, -0.2) is 0 Å². The Morgan fingerprint density at radius 1 is 0.588 bits per heavy atom. The highest BCUT2D eigenvalue weighted by Gasteiger charge is 2.26. The van der Waals surface area contributed by atoms with Crippen molar-refractivity contribution in [3.8, 4) is 0 Å². The summed E-state index contributed by atoms with van der Waals surface area (Å²) >= 11 is 0. The molecular weight excluding hydrogens is 204 g/mol. The first kappa shape index (κ1) is 10.6. The van der Waals surface area contributed by atoms with Gasteiger partial charge in [-0.1, -0.05) is 60.7 Å². The molecule has 3 rings (SSSR count). The molecule has 0 unspecified atom stereocenters. The Morgan fingerprint density at radius 2 is 1.00 bits per heavy atom. The maximum Gasteiger partial charge on any atom is -0.0156 e. The third-order valence-corrected chi connectivity index (χ3v) is 3.97. The lowest BCUT2D eigenvalue weighted by Crippen LogP contribution is -1.94. The van der Waals surface area contributed by atoms with E-state index in [0.717, 1.165) is 11.8 Å². The summed E-state index contributed by atoms with van der Waals surface area (Å²) in [7, 11) is 0. The highest BCUT2D eigenvalue weighted by atomic mass is 14.3. The van der Waals surface area contributed by atoms with Gasteiger partial charge in [0, 0.05) is 0 Å². The van der Waals surface area contributed by atoms with Gasteiger partial charge in [-0.25, -0.2) is 0 Å². The van der Waals surface area contributed by atoms with Gasteiger partial charge in [0.1, 0.15) is 0 Å². The van der Waals surface area contributed by atoms with Gasteiger partial charge in [0.15, 0.2) is 0 Å². The maximum absolute atomic E-state index is 2.28. The molecule has 0 saturated heterocycles. The Hall–Kier alpha value is -1.56. The van der Waals surface area contributed by atoms with Gasteiger partial charge in [-0.2, -0.15) is 0 Å². The van der Waals surface area contributed by atoms with Crippen LogP contribution in [0.25, 0.3) is 0 Å². The molecule has 1 aliphatic carbocycles. The highest BCUT2D eigenvalue weighted by molar-refractivity contribution is 5.26. The number of benzene rings is 2. The van der Waals surface area contributed by atoms with E-state index in [2.05, 4.69) is 60.7 Å². The summed E-state index contributed by atoms with van der Waals surface area (Å²) in [6, 6.07) is 21.9. The average molecular weight is 222 g/mol. The molecule has 1 saturated carbocycles. The lowest BCUT2D eigenvalue weighted by molar-refractivity contribution is 0.686. The molecule has 2 aromatic rings. The Bertz CT molecular complexity index is 412. The summed E-state index contributed by atoms with van der Waals surface area (Å²) in [6.07, 6.45) is 3.99. The average Bonchev–Trinajstić information content (AvgIpc) is 2.90. The predicted molar refractivity (Wildman–Crippen MR) is 72.2 cm³/mol. The zero-order valence-corrected chi connectivity index (χ0v) is 10.0. The minimum absolute atomic E-state index is 0.765. The van der Waals surface area contributed by atoms with Crippen molar-refractivity contribution >= 4 is 0 Å². The number of hydrogen-bond donors (Lipinski definition) is 0. The van der Waals surface area contributed by atoms with Gasteiger partial charge in [-0.05, 0) is 42.2 Å². The van der Waals surface area contributed by atoms with Crippen LogP contribution in [0.4, 0.5) is 0 Å². The topological polar surface area (TPSA) is 0 Å². The Labute approximate surface area is 103 Å². The van der Waals surface area contributed by atoms with Gasteiger partial charge in [0.05, 0.1) is 0 Å². The summed E-state index contributed by atoms with van der Waals surface area (Å²) in [4.78, 5) is 0. The minimum atomic E-state index is 0.765. The molecule has 0 bridgehead atoms. The van der Waals surface area contributed by atoms with Gasteiger partial charge in [0.25, 0.3) is 0 Å². The van der Waals surface area contributed by atoms with Gasteiger partial charge in [-0.3, -0.25) is 0 Å². The zero-order chi connectivity index (χ0) is 11.5. The number of hydrogen-bond acceptors (Lipinski definition) is 0. The third kappa shape index (κ3) is 2.26. The lowest BCUT2D eigenvalue weighted by atomic mass is 9.93. The SMILES string of the molecule is c1ccc([C@@H]2CC[C@@H](c3ccccc3)C2)cc1. The highest BCUT2D eigenvalue weighted by Crippen LogP contribution is 2.43. The van der Waals surface area contributed by atoms with Crippen molar-refractivity contribution in [1.29, 1.82) is 0 Å². The first-order valence-electron chi connectivity index (χ1n) is 6.53.